The number of aromatic nitrogens is 2. The Morgan fingerprint density at radius 1 is 1.20 bits per heavy atom. The average Bonchev–Trinajstić information content (AvgIpc) is 2.90. The SMILES string of the molecule is C[C@H](NCCC1Cc2ccccc2C1)c1cnccn1. The van der Waals surface area contributed by atoms with E-state index in [2.05, 4.69) is 46.5 Å². The Bertz CT molecular complexity index is 528. The van der Waals surface area contributed by atoms with Crippen LogP contribution in [0.2, 0.25) is 0 Å². The zero-order valence-electron chi connectivity index (χ0n) is 11.9. The van der Waals surface area contributed by atoms with E-state index in [4.69, 9.17) is 0 Å². The van der Waals surface area contributed by atoms with Crippen molar-refractivity contribution in [2.75, 3.05) is 6.54 Å². The normalized spacial score (nSPS) is 16.1. The second kappa shape index (κ2) is 6.14. The summed E-state index contributed by atoms with van der Waals surface area (Å²) in [4.78, 5) is 8.45. The largest absolute Gasteiger partial charge is 0.309 e. The fourth-order valence-corrected chi connectivity index (χ4v) is 3.00. The van der Waals surface area contributed by atoms with Crippen LogP contribution in [-0.4, -0.2) is 16.5 Å². The van der Waals surface area contributed by atoms with Crippen LogP contribution in [0.3, 0.4) is 0 Å². The van der Waals surface area contributed by atoms with Crippen LogP contribution in [0.25, 0.3) is 0 Å². The zero-order valence-corrected chi connectivity index (χ0v) is 11.9. The van der Waals surface area contributed by atoms with Crippen molar-refractivity contribution in [3.63, 3.8) is 0 Å². The molecule has 1 heterocycles. The summed E-state index contributed by atoms with van der Waals surface area (Å²) >= 11 is 0. The summed E-state index contributed by atoms with van der Waals surface area (Å²) in [6.45, 7) is 3.18. The molecule has 0 unspecified atom stereocenters. The van der Waals surface area contributed by atoms with E-state index in [-0.39, 0.29) is 6.04 Å². The molecular weight excluding hydrogens is 246 g/mol. The molecule has 0 spiro atoms. The van der Waals surface area contributed by atoms with Gasteiger partial charge < -0.3 is 5.32 Å². The van der Waals surface area contributed by atoms with Gasteiger partial charge in [0.1, 0.15) is 0 Å². The lowest BCUT2D eigenvalue weighted by Crippen LogP contribution is -2.23. The number of rotatable bonds is 5. The molecule has 1 aromatic carbocycles. The maximum atomic E-state index is 4.34. The van der Waals surface area contributed by atoms with E-state index in [0.29, 0.717) is 0 Å². The molecular formula is C17H21N3. The molecule has 0 fully saturated rings. The molecule has 3 rings (SSSR count). The van der Waals surface area contributed by atoms with Crippen molar-refractivity contribution >= 4 is 0 Å². The van der Waals surface area contributed by atoms with Crippen molar-refractivity contribution in [3.8, 4) is 0 Å². The van der Waals surface area contributed by atoms with Crippen LogP contribution in [0, 0.1) is 5.92 Å². The lowest BCUT2D eigenvalue weighted by molar-refractivity contribution is 0.457. The molecule has 0 saturated heterocycles. The van der Waals surface area contributed by atoms with E-state index in [1.165, 1.54) is 19.3 Å². The zero-order chi connectivity index (χ0) is 13.8. The predicted octanol–water partition coefficient (Wildman–Crippen LogP) is 2.93. The molecule has 104 valence electrons. The highest BCUT2D eigenvalue weighted by molar-refractivity contribution is 5.31. The monoisotopic (exact) mass is 267 g/mol. The van der Waals surface area contributed by atoms with Crippen molar-refractivity contribution in [1.29, 1.82) is 0 Å². The predicted molar refractivity (Wildman–Crippen MR) is 80.4 cm³/mol. The van der Waals surface area contributed by atoms with Gasteiger partial charge in [0.2, 0.25) is 0 Å². The number of hydrogen-bond acceptors (Lipinski definition) is 3. The molecule has 1 N–H and O–H groups in total. The minimum Gasteiger partial charge on any atom is -0.309 e. The molecule has 1 aromatic heterocycles. The first kappa shape index (κ1) is 13.3. The van der Waals surface area contributed by atoms with Gasteiger partial charge in [0.25, 0.3) is 0 Å². The number of nitrogens with one attached hydrogen (secondary N) is 1. The molecule has 0 amide bonds. The first-order chi connectivity index (χ1) is 9.83. The Hall–Kier alpha value is -1.74. The highest BCUT2D eigenvalue weighted by Crippen LogP contribution is 2.28. The van der Waals surface area contributed by atoms with Crippen LogP contribution < -0.4 is 5.32 Å². The van der Waals surface area contributed by atoms with Gasteiger partial charge in [-0.25, -0.2) is 0 Å². The lowest BCUT2D eigenvalue weighted by Gasteiger charge is -2.15. The standard InChI is InChI=1S/C17H21N3/c1-13(17-12-18-8-9-20-17)19-7-6-14-10-15-4-2-3-5-16(15)11-14/h2-5,8-9,12-14,19H,6-7,10-11H2,1H3/t13-/m0/s1. The van der Waals surface area contributed by atoms with Gasteiger partial charge in [-0.3, -0.25) is 9.97 Å². The molecule has 3 heteroatoms. The van der Waals surface area contributed by atoms with Gasteiger partial charge in [0, 0.05) is 24.6 Å². The van der Waals surface area contributed by atoms with Crippen molar-refractivity contribution in [2.24, 2.45) is 5.92 Å². The molecule has 1 atom stereocenters. The Balaban J connectivity index is 1.46. The van der Waals surface area contributed by atoms with Crippen LogP contribution >= 0.6 is 0 Å². The fourth-order valence-electron chi connectivity index (χ4n) is 3.00. The highest BCUT2D eigenvalue weighted by Gasteiger charge is 2.20. The van der Waals surface area contributed by atoms with Crippen molar-refractivity contribution < 1.29 is 0 Å². The molecule has 3 nitrogen and oxygen atoms in total. The van der Waals surface area contributed by atoms with E-state index in [1.807, 2.05) is 6.20 Å². The third-order valence-electron chi connectivity index (χ3n) is 4.17. The van der Waals surface area contributed by atoms with Crippen LogP contribution in [0.1, 0.15) is 36.2 Å². The molecule has 0 radical (unpaired) electrons. The molecule has 1 aliphatic carbocycles. The maximum absolute atomic E-state index is 4.34. The first-order valence-corrected chi connectivity index (χ1v) is 7.39. The summed E-state index contributed by atoms with van der Waals surface area (Å²) in [5.74, 6) is 0.786. The minimum atomic E-state index is 0.271. The van der Waals surface area contributed by atoms with E-state index in [9.17, 15) is 0 Å². The molecule has 0 aliphatic heterocycles. The molecule has 20 heavy (non-hydrogen) atoms. The number of benzene rings is 1. The van der Waals surface area contributed by atoms with E-state index < -0.39 is 0 Å². The van der Waals surface area contributed by atoms with E-state index in [1.54, 1.807) is 23.5 Å². The van der Waals surface area contributed by atoms with Crippen molar-refractivity contribution in [1.82, 2.24) is 15.3 Å². The number of hydrogen-bond donors (Lipinski definition) is 1. The van der Waals surface area contributed by atoms with Crippen LogP contribution in [0.15, 0.2) is 42.9 Å². The van der Waals surface area contributed by atoms with Gasteiger partial charge >= 0.3 is 0 Å². The second-order valence-electron chi connectivity index (χ2n) is 5.64. The Morgan fingerprint density at radius 2 is 1.95 bits per heavy atom. The smallest absolute Gasteiger partial charge is 0.0753 e. The van der Waals surface area contributed by atoms with Gasteiger partial charge in [-0.2, -0.15) is 0 Å². The average molecular weight is 267 g/mol. The van der Waals surface area contributed by atoms with Crippen molar-refractivity contribution in [3.05, 3.63) is 59.7 Å². The quantitative estimate of drug-likeness (QED) is 0.905. The fraction of sp³-hybridized carbons (Fsp3) is 0.412. The summed E-state index contributed by atoms with van der Waals surface area (Å²) in [6, 6.07) is 9.11. The van der Waals surface area contributed by atoms with E-state index in [0.717, 1.165) is 18.2 Å². The third kappa shape index (κ3) is 3.05. The maximum Gasteiger partial charge on any atom is 0.0753 e. The highest BCUT2D eigenvalue weighted by atomic mass is 14.9. The van der Waals surface area contributed by atoms with Crippen molar-refractivity contribution in [2.45, 2.75) is 32.2 Å². The Kier molecular flexibility index (Phi) is 4.07. The molecule has 2 aromatic rings. The van der Waals surface area contributed by atoms with E-state index >= 15 is 0 Å². The van der Waals surface area contributed by atoms with Gasteiger partial charge in [0.05, 0.1) is 5.69 Å². The van der Waals surface area contributed by atoms with Gasteiger partial charge in [-0.1, -0.05) is 24.3 Å². The molecule has 0 bridgehead atoms. The number of nitrogens with zero attached hydrogens (tertiary/aromatic N) is 2. The Labute approximate surface area is 120 Å². The summed E-state index contributed by atoms with van der Waals surface area (Å²) in [5.41, 5.74) is 4.10. The topological polar surface area (TPSA) is 37.8 Å². The van der Waals surface area contributed by atoms with Gasteiger partial charge in [-0.15, -0.1) is 0 Å². The van der Waals surface area contributed by atoms with Crippen LogP contribution in [-0.2, 0) is 12.8 Å². The summed E-state index contributed by atoms with van der Waals surface area (Å²) in [7, 11) is 0. The molecule has 0 saturated carbocycles. The summed E-state index contributed by atoms with van der Waals surface area (Å²) < 4.78 is 0. The number of fused-ring (bicyclic) bond motifs is 1. The lowest BCUT2D eigenvalue weighted by atomic mass is 10.0. The van der Waals surface area contributed by atoms with Crippen LogP contribution in [0.4, 0.5) is 0 Å². The van der Waals surface area contributed by atoms with Gasteiger partial charge in [0.15, 0.2) is 0 Å². The molecule has 1 aliphatic rings. The van der Waals surface area contributed by atoms with Crippen LogP contribution in [0.5, 0.6) is 0 Å². The summed E-state index contributed by atoms with van der Waals surface area (Å²) in [5, 5.41) is 3.55. The minimum absolute atomic E-state index is 0.271. The first-order valence-electron chi connectivity index (χ1n) is 7.39. The van der Waals surface area contributed by atoms with Gasteiger partial charge in [-0.05, 0) is 49.8 Å². The summed E-state index contributed by atoms with van der Waals surface area (Å²) in [6.07, 6.45) is 8.99. The second-order valence-corrected chi connectivity index (χ2v) is 5.64. The third-order valence-corrected chi connectivity index (χ3v) is 4.17. The Morgan fingerprint density at radius 3 is 2.60 bits per heavy atom.